The molecule has 7 heteroatoms. The van der Waals surface area contributed by atoms with Crippen LogP contribution >= 0.6 is 15.9 Å². The zero-order chi connectivity index (χ0) is 21.8. The Morgan fingerprint density at radius 3 is 2.30 bits per heavy atom. The van der Waals surface area contributed by atoms with Gasteiger partial charge in [-0.15, -0.1) is 0 Å². The third-order valence-corrected chi connectivity index (χ3v) is 5.62. The van der Waals surface area contributed by atoms with Crippen LogP contribution in [0.25, 0.3) is 22.3 Å². The Balaban J connectivity index is 2.20. The molecular formula is C23H25BrO6. The van der Waals surface area contributed by atoms with Crippen molar-refractivity contribution in [3.8, 4) is 34.3 Å². The molecule has 160 valence electrons. The van der Waals surface area contributed by atoms with Gasteiger partial charge in [0.25, 0.3) is 0 Å². The number of benzene rings is 2. The summed E-state index contributed by atoms with van der Waals surface area (Å²) in [5, 5.41) is 10.9. The molecule has 2 aromatic carbocycles. The number of halogens is 1. The Morgan fingerprint density at radius 1 is 1.07 bits per heavy atom. The van der Waals surface area contributed by atoms with Gasteiger partial charge in [0.05, 0.1) is 26.2 Å². The van der Waals surface area contributed by atoms with Gasteiger partial charge < -0.3 is 23.7 Å². The van der Waals surface area contributed by atoms with Crippen molar-refractivity contribution < 1.29 is 23.7 Å². The zero-order valence-electron chi connectivity index (χ0n) is 17.5. The smallest absolute Gasteiger partial charge is 0.235 e. The van der Waals surface area contributed by atoms with Crippen LogP contribution in [0, 0.1) is 0 Å². The molecule has 0 spiro atoms. The highest BCUT2D eigenvalue weighted by atomic mass is 79.9. The van der Waals surface area contributed by atoms with E-state index in [-0.39, 0.29) is 5.76 Å². The molecule has 0 aliphatic rings. The van der Waals surface area contributed by atoms with Gasteiger partial charge >= 0.3 is 0 Å². The Hall–Kier alpha value is -2.67. The number of rotatable bonds is 8. The van der Waals surface area contributed by atoms with Crippen molar-refractivity contribution in [2.75, 3.05) is 20.8 Å². The second kappa shape index (κ2) is 9.43. The van der Waals surface area contributed by atoms with Gasteiger partial charge in [0.2, 0.25) is 16.9 Å². The van der Waals surface area contributed by atoms with Crippen LogP contribution < -0.4 is 19.6 Å². The fourth-order valence-electron chi connectivity index (χ4n) is 3.18. The molecule has 0 saturated carbocycles. The van der Waals surface area contributed by atoms with E-state index in [1.54, 1.807) is 24.3 Å². The maximum Gasteiger partial charge on any atom is 0.235 e. The molecule has 0 atom stereocenters. The minimum absolute atomic E-state index is 0.0496. The number of hydrogen-bond donors (Lipinski definition) is 1. The number of hydrogen-bond acceptors (Lipinski definition) is 6. The molecule has 0 amide bonds. The van der Waals surface area contributed by atoms with Crippen molar-refractivity contribution in [3.63, 3.8) is 0 Å². The van der Waals surface area contributed by atoms with Gasteiger partial charge in [-0.2, -0.15) is 0 Å². The second-order valence-corrected chi connectivity index (χ2v) is 7.67. The molecule has 0 saturated heterocycles. The van der Waals surface area contributed by atoms with Crippen LogP contribution in [0.1, 0.15) is 32.3 Å². The summed E-state index contributed by atoms with van der Waals surface area (Å²) in [5.41, 5.74) is 1.34. The Labute approximate surface area is 183 Å². The quantitative estimate of drug-likeness (QED) is 0.421. The van der Waals surface area contributed by atoms with Crippen LogP contribution in [0.4, 0.5) is 0 Å². The van der Waals surface area contributed by atoms with E-state index in [0.29, 0.717) is 40.4 Å². The van der Waals surface area contributed by atoms with Crippen molar-refractivity contribution in [2.45, 2.75) is 33.1 Å². The van der Waals surface area contributed by atoms with E-state index in [9.17, 15) is 9.90 Å². The number of fused-ring (bicyclic) bond motifs is 1. The van der Waals surface area contributed by atoms with Crippen LogP contribution in [-0.2, 0) is 6.42 Å². The van der Waals surface area contributed by atoms with E-state index in [0.717, 1.165) is 29.3 Å². The van der Waals surface area contributed by atoms with E-state index in [1.165, 1.54) is 14.2 Å². The monoisotopic (exact) mass is 476 g/mol. The summed E-state index contributed by atoms with van der Waals surface area (Å²) in [4.78, 5) is 12.8. The molecule has 0 aliphatic carbocycles. The zero-order valence-corrected chi connectivity index (χ0v) is 19.1. The summed E-state index contributed by atoms with van der Waals surface area (Å²) in [6.07, 6.45) is 2.65. The Morgan fingerprint density at radius 2 is 1.73 bits per heavy atom. The lowest BCUT2D eigenvalue weighted by molar-refractivity contribution is 0.270. The third kappa shape index (κ3) is 4.12. The maximum absolute atomic E-state index is 12.8. The topological polar surface area (TPSA) is 78.1 Å². The number of aryl methyl sites for hydroxylation is 1. The fourth-order valence-corrected chi connectivity index (χ4v) is 3.81. The molecule has 1 heterocycles. The van der Waals surface area contributed by atoms with Crippen LogP contribution in [-0.4, -0.2) is 25.9 Å². The highest BCUT2D eigenvalue weighted by molar-refractivity contribution is 9.10. The first-order valence-electron chi connectivity index (χ1n) is 9.82. The molecule has 1 N–H and O–H groups in total. The van der Waals surface area contributed by atoms with E-state index in [2.05, 4.69) is 22.9 Å². The normalized spacial score (nSPS) is 11.0. The summed E-state index contributed by atoms with van der Waals surface area (Å²) in [6.45, 7) is 4.61. The standard InChI is InChI=1S/C23H25BrO6/c1-5-7-8-29-23-18(27-3)10-14(11-19(23)28-4)22-21(26)20(25)15-12-16(24)13(6-2)9-17(15)30-22/h9-12,26H,5-8H2,1-4H3. The molecular weight excluding hydrogens is 452 g/mol. The minimum atomic E-state index is -0.504. The summed E-state index contributed by atoms with van der Waals surface area (Å²) >= 11 is 3.46. The highest BCUT2D eigenvalue weighted by Gasteiger charge is 2.21. The van der Waals surface area contributed by atoms with E-state index >= 15 is 0 Å². The molecule has 3 aromatic rings. The highest BCUT2D eigenvalue weighted by Crippen LogP contribution is 2.43. The predicted octanol–water partition coefficient (Wildman–Crippen LogP) is 5.69. The Kier molecular flexibility index (Phi) is 6.92. The van der Waals surface area contributed by atoms with Gasteiger partial charge in [-0.3, -0.25) is 4.79 Å². The Bertz CT molecular complexity index is 1090. The van der Waals surface area contributed by atoms with Gasteiger partial charge in [-0.1, -0.05) is 36.2 Å². The first-order chi connectivity index (χ1) is 14.4. The van der Waals surface area contributed by atoms with E-state index in [4.69, 9.17) is 18.6 Å². The summed E-state index contributed by atoms with van der Waals surface area (Å²) in [6, 6.07) is 6.80. The van der Waals surface area contributed by atoms with Gasteiger partial charge in [0.15, 0.2) is 17.3 Å². The van der Waals surface area contributed by atoms with Crippen molar-refractivity contribution in [1.82, 2.24) is 0 Å². The van der Waals surface area contributed by atoms with Crippen molar-refractivity contribution >= 4 is 26.9 Å². The molecule has 0 radical (unpaired) electrons. The van der Waals surface area contributed by atoms with Gasteiger partial charge in [-0.25, -0.2) is 0 Å². The number of aromatic hydroxyl groups is 1. The molecule has 1 aromatic heterocycles. The number of unbranched alkanes of at least 4 members (excludes halogenated alkanes) is 1. The molecule has 0 unspecified atom stereocenters. The van der Waals surface area contributed by atoms with Crippen molar-refractivity contribution in [2.24, 2.45) is 0 Å². The molecule has 3 rings (SSSR count). The fraction of sp³-hybridized carbons (Fsp3) is 0.348. The van der Waals surface area contributed by atoms with Gasteiger partial charge in [-0.05, 0) is 42.7 Å². The lowest BCUT2D eigenvalue weighted by atomic mass is 10.1. The van der Waals surface area contributed by atoms with E-state index in [1.807, 2.05) is 6.92 Å². The lowest BCUT2D eigenvalue weighted by Crippen LogP contribution is -2.04. The number of ether oxygens (including phenoxy) is 3. The van der Waals surface area contributed by atoms with Crippen LogP contribution in [0.2, 0.25) is 0 Å². The summed E-state index contributed by atoms with van der Waals surface area (Å²) in [5.74, 6) is 0.897. The van der Waals surface area contributed by atoms with Crippen LogP contribution in [0.3, 0.4) is 0 Å². The average molecular weight is 477 g/mol. The molecule has 30 heavy (non-hydrogen) atoms. The predicted molar refractivity (Wildman–Crippen MR) is 120 cm³/mol. The van der Waals surface area contributed by atoms with Crippen LogP contribution in [0.15, 0.2) is 37.9 Å². The van der Waals surface area contributed by atoms with Crippen molar-refractivity contribution in [1.29, 1.82) is 0 Å². The molecule has 0 aliphatic heterocycles. The molecule has 0 fully saturated rings. The minimum Gasteiger partial charge on any atom is -0.502 e. The van der Waals surface area contributed by atoms with E-state index < -0.39 is 11.2 Å². The second-order valence-electron chi connectivity index (χ2n) is 6.81. The first kappa shape index (κ1) is 22.0. The summed E-state index contributed by atoms with van der Waals surface area (Å²) in [7, 11) is 3.04. The average Bonchev–Trinajstić information content (AvgIpc) is 2.76. The first-order valence-corrected chi connectivity index (χ1v) is 10.6. The lowest BCUT2D eigenvalue weighted by Gasteiger charge is -2.16. The maximum atomic E-state index is 12.8. The number of methoxy groups -OCH3 is 2. The molecule has 0 bridgehead atoms. The van der Waals surface area contributed by atoms with Gasteiger partial charge in [0.1, 0.15) is 5.58 Å². The van der Waals surface area contributed by atoms with Gasteiger partial charge in [0, 0.05) is 10.0 Å². The third-order valence-electron chi connectivity index (χ3n) is 4.88. The SMILES string of the molecule is CCCCOc1c(OC)cc(-c2oc3cc(CC)c(Br)cc3c(=O)c2O)cc1OC. The molecule has 6 nitrogen and oxygen atoms in total. The largest absolute Gasteiger partial charge is 0.502 e. The summed E-state index contributed by atoms with van der Waals surface area (Å²) < 4.78 is 23.6. The van der Waals surface area contributed by atoms with Crippen molar-refractivity contribution in [3.05, 3.63) is 44.5 Å². The van der Waals surface area contributed by atoms with Crippen LogP contribution in [0.5, 0.6) is 23.0 Å².